The van der Waals surface area contributed by atoms with Crippen molar-refractivity contribution in [1.29, 1.82) is 0 Å². The number of likely N-dealkylation sites (tertiary alicyclic amines) is 1. The highest BCUT2D eigenvalue weighted by Crippen LogP contribution is 2.43. The number of rotatable bonds is 5. The summed E-state index contributed by atoms with van der Waals surface area (Å²) in [5.74, 6) is -2.13. The average Bonchev–Trinajstić information content (AvgIpc) is 3.36. The van der Waals surface area contributed by atoms with E-state index < -0.39 is 28.4 Å². The Morgan fingerprint density at radius 1 is 1.19 bits per heavy atom. The second kappa shape index (κ2) is 8.49. The molecular formula is C22H19ClN2O6. The quantitative estimate of drug-likeness (QED) is 0.247. The first-order valence-electron chi connectivity index (χ1n) is 9.77. The second-order valence-corrected chi connectivity index (χ2v) is 7.85. The molecule has 4 rings (SSSR count). The topological polar surface area (TPSA) is 110 Å². The van der Waals surface area contributed by atoms with Crippen LogP contribution >= 0.6 is 11.6 Å². The molecule has 0 unspecified atom stereocenters. The fourth-order valence-electron chi connectivity index (χ4n) is 4.05. The highest BCUT2D eigenvalue weighted by Gasteiger charge is 2.48. The van der Waals surface area contributed by atoms with Crippen molar-refractivity contribution in [3.8, 4) is 0 Å². The molecule has 2 heterocycles. The highest BCUT2D eigenvalue weighted by atomic mass is 35.5. The van der Waals surface area contributed by atoms with Gasteiger partial charge in [-0.05, 0) is 43.2 Å². The number of Topliss-reactive ketones (excluding diaryl/α,β-unsaturated/α-hetero) is 1. The van der Waals surface area contributed by atoms with Crippen LogP contribution in [0.3, 0.4) is 0 Å². The molecule has 0 aliphatic carbocycles. The summed E-state index contributed by atoms with van der Waals surface area (Å²) in [6.45, 7) is 0.647. The van der Waals surface area contributed by atoms with Gasteiger partial charge in [0.05, 0.1) is 28.2 Å². The Labute approximate surface area is 182 Å². The van der Waals surface area contributed by atoms with E-state index in [0.717, 1.165) is 6.42 Å². The van der Waals surface area contributed by atoms with Crippen LogP contribution in [0.15, 0.2) is 54.1 Å². The number of nitro groups is 1. The fourth-order valence-corrected chi connectivity index (χ4v) is 4.17. The van der Waals surface area contributed by atoms with E-state index in [9.17, 15) is 24.8 Å². The molecule has 0 bridgehead atoms. The predicted molar refractivity (Wildman–Crippen MR) is 113 cm³/mol. The van der Waals surface area contributed by atoms with Crippen molar-refractivity contribution in [2.24, 2.45) is 0 Å². The van der Waals surface area contributed by atoms with E-state index in [-0.39, 0.29) is 35.0 Å². The van der Waals surface area contributed by atoms with Crippen LogP contribution in [0.1, 0.15) is 30.0 Å². The number of carbonyl (C=O) groups is 2. The van der Waals surface area contributed by atoms with Gasteiger partial charge in [0.25, 0.3) is 17.4 Å². The lowest BCUT2D eigenvalue weighted by Crippen LogP contribution is -2.36. The Morgan fingerprint density at radius 3 is 2.55 bits per heavy atom. The number of nitrogens with zero attached hydrogens (tertiary/aromatic N) is 2. The lowest BCUT2D eigenvalue weighted by Gasteiger charge is -2.27. The van der Waals surface area contributed by atoms with Gasteiger partial charge in [0.2, 0.25) is 0 Å². The molecule has 9 heteroatoms. The van der Waals surface area contributed by atoms with Crippen molar-refractivity contribution in [3.05, 3.63) is 80.4 Å². The molecule has 31 heavy (non-hydrogen) atoms. The van der Waals surface area contributed by atoms with Crippen LogP contribution in [0.2, 0.25) is 5.02 Å². The number of para-hydroxylation sites is 1. The number of amides is 1. The lowest BCUT2D eigenvalue weighted by molar-refractivity contribution is -0.385. The Bertz CT molecular complexity index is 1080. The van der Waals surface area contributed by atoms with E-state index in [1.54, 1.807) is 18.2 Å². The summed E-state index contributed by atoms with van der Waals surface area (Å²) in [5, 5.41) is 23.1. The van der Waals surface area contributed by atoms with Crippen LogP contribution in [0.5, 0.6) is 0 Å². The zero-order chi connectivity index (χ0) is 22.1. The number of ether oxygens (including phenoxy) is 1. The number of carbonyl (C=O) groups excluding carboxylic acids is 2. The average molecular weight is 443 g/mol. The first-order chi connectivity index (χ1) is 14.9. The van der Waals surface area contributed by atoms with E-state index in [4.69, 9.17) is 16.3 Å². The van der Waals surface area contributed by atoms with Crippen LogP contribution in [0.25, 0.3) is 5.76 Å². The minimum absolute atomic E-state index is 0.0959. The molecule has 2 saturated heterocycles. The summed E-state index contributed by atoms with van der Waals surface area (Å²) < 4.78 is 5.62. The summed E-state index contributed by atoms with van der Waals surface area (Å²) in [5.41, 5.74) is -0.00308. The molecule has 2 atom stereocenters. The van der Waals surface area contributed by atoms with Gasteiger partial charge in [-0.15, -0.1) is 0 Å². The molecule has 2 aliphatic heterocycles. The number of benzene rings is 2. The van der Waals surface area contributed by atoms with Crippen LogP contribution < -0.4 is 0 Å². The van der Waals surface area contributed by atoms with Crippen molar-refractivity contribution >= 4 is 34.7 Å². The maximum atomic E-state index is 13.0. The largest absolute Gasteiger partial charge is 0.507 e. The number of aliphatic hydroxyl groups excluding tert-OH is 1. The van der Waals surface area contributed by atoms with Crippen LogP contribution in [-0.4, -0.2) is 45.9 Å². The Kier molecular flexibility index (Phi) is 5.75. The second-order valence-electron chi connectivity index (χ2n) is 7.41. The number of aliphatic hydroxyl groups is 1. The molecular weight excluding hydrogens is 424 g/mol. The smallest absolute Gasteiger partial charge is 0.295 e. The third kappa shape index (κ3) is 3.92. The Hall–Kier alpha value is -3.23. The van der Waals surface area contributed by atoms with Crippen molar-refractivity contribution in [3.63, 3.8) is 0 Å². The summed E-state index contributed by atoms with van der Waals surface area (Å²) in [6, 6.07) is 10.9. The maximum absolute atomic E-state index is 13.0. The third-order valence-corrected chi connectivity index (χ3v) is 5.76. The fraction of sp³-hybridized carbons (Fsp3) is 0.273. The molecule has 2 aromatic carbocycles. The molecule has 0 radical (unpaired) electrons. The van der Waals surface area contributed by atoms with Crippen molar-refractivity contribution < 1.29 is 24.4 Å². The first-order valence-corrected chi connectivity index (χ1v) is 10.2. The van der Waals surface area contributed by atoms with Gasteiger partial charge in [0.1, 0.15) is 5.76 Å². The molecule has 1 amide bonds. The van der Waals surface area contributed by atoms with Gasteiger partial charge in [-0.2, -0.15) is 0 Å². The van der Waals surface area contributed by atoms with Gasteiger partial charge in [0.15, 0.2) is 0 Å². The molecule has 8 nitrogen and oxygen atoms in total. The van der Waals surface area contributed by atoms with Crippen LogP contribution in [0.4, 0.5) is 5.69 Å². The first kappa shape index (κ1) is 21.0. The summed E-state index contributed by atoms with van der Waals surface area (Å²) in [6.07, 6.45) is 1.26. The lowest BCUT2D eigenvalue weighted by atomic mass is 9.94. The van der Waals surface area contributed by atoms with Crippen molar-refractivity contribution in [1.82, 2.24) is 4.90 Å². The van der Waals surface area contributed by atoms with Gasteiger partial charge in [-0.25, -0.2) is 0 Å². The van der Waals surface area contributed by atoms with E-state index in [2.05, 4.69) is 0 Å². The standard InChI is InChI=1S/C22H19ClN2O6/c23-14-9-7-13(8-10-14)20(26)18-19(16-5-1-2-6-17(16)25(29)30)24(22(28)21(18)27)12-15-4-3-11-31-15/h1-2,5-10,15,19,26H,3-4,11-12H2/t15-,19+/m0/s1. The van der Waals surface area contributed by atoms with E-state index >= 15 is 0 Å². The zero-order valence-electron chi connectivity index (χ0n) is 16.4. The summed E-state index contributed by atoms with van der Waals surface area (Å²) >= 11 is 5.91. The molecule has 2 fully saturated rings. The van der Waals surface area contributed by atoms with Gasteiger partial charge < -0.3 is 14.7 Å². The molecule has 2 aromatic rings. The molecule has 2 aliphatic rings. The Balaban J connectivity index is 1.89. The number of nitro benzene ring substituents is 1. The van der Waals surface area contributed by atoms with E-state index in [0.29, 0.717) is 18.1 Å². The van der Waals surface area contributed by atoms with Crippen molar-refractivity contribution in [2.45, 2.75) is 25.0 Å². The third-order valence-electron chi connectivity index (χ3n) is 5.51. The number of ketones is 1. The minimum atomic E-state index is -1.11. The summed E-state index contributed by atoms with van der Waals surface area (Å²) in [4.78, 5) is 38.3. The predicted octanol–water partition coefficient (Wildman–Crippen LogP) is 3.85. The van der Waals surface area contributed by atoms with Gasteiger partial charge >= 0.3 is 0 Å². The SMILES string of the molecule is O=C1C(=O)N(C[C@@H]2CCCO2)[C@H](c2ccccc2[N+](=O)[O-])C1=C(O)c1ccc(Cl)cc1. The monoisotopic (exact) mass is 442 g/mol. The van der Waals surface area contributed by atoms with E-state index in [1.807, 2.05) is 0 Å². The van der Waals surface area contributed by atoms with Gasteiger partial charge in [0, 0.05) is 29.8 Å². The van der Waals surface area contributed by atoms with Crippen LogP contribution in [0, 0.1) is 10.1 Å². The Morgan fingerprint density at radius 2 is 1.90 bits per heavy atom. The summed E-state index contributed by atoms with van der Waals surface area (Å²) in [7, 11) is 0. The molecule has 0 aromatic heterocycles. The molecule has 0 spiro atoms. The zero-order valence-corrected chi connectivity index (χ0v) is 17.1. The maximum Gasteiger partial charge on any atom is 0.295 e. The van der Waals surface area contributed by atoms with Gasteiger partial charge in [-0.3, -0.25) is 19.7 Å². The number of hydrogen-bond acceptors (Lipinski definition) is 6. The highest BCUT2D eigenvalue weighted by molar-refractivity contribution is 6.46. The number of hydrogen-bond donors (Lipinski definition) is 1. The van der Waals surface area contributed by atoms with E-state index in [1.165, 1.54) is 35.2 Å². The normalized spacial score (nSPS) is 22.8. The van der Waals surface area contributed by atoms with Gasteiger partial charge in [-0.1, -0.05) is 23.7 Å². The van der Waals surface area contributed by atoms with Crippen molar-refractivity contribution in [2.75, 3.05) is 13.2 Å². The minimum Gasteiger partial charge on any atom is -0.507 e. The molecule has 0 saturated carbocycles. The number of halogens is 1. The molecule has 1 N–H and O–H groups in total. The van der Waals surface area contributed by atoms with Crippen LogP contribution in [-0.2, 0) is 14.3 Å². The molecule has 160 valence electrons.